The second kappa shape index (κ2) is 10.8. The van der Waals surface area contributed by atoms with Gasteiger partial charge in [0.05, 0.1) is 23.1 Å². The van der Waals surface area contributed by atoms with E-state index in [1.54, 1.807) is 18.3 Å². The second-order valence-corrected chi connectivity index (χ2v) is 8.65. The first-order valence-electron chi connectivity index (χ1n) is 10.0. The highest BCUT2D eigenvalue weighted by Gasteiger charge is 2.14. The fraction of sp³-hybridized carbons (Fsp3) is 0.0833. The number of fused-ring (bicyclic) bond motifs is 1. The zero-order valence-electron chi connectivity index (χ0n) is 17.7. The SMILES string of the molecule is CSC(C=NO)=Nc1cccc(NC(=O)c2sccc2NCc2ccnc3ccccc23)c1. The summed E-state index contributed by atoms with van der Waals surface area (Å²) in [4.78, 5) is 22.4. The van der Waals surface area contributed by atoms with E-state index >= 15 is 0 Å². The third-order valence-electron chi connectivity index (χ3n) is 4.80. The van der Waals surface area contributed by atoms with E-state index in [-0.39, 0.29) is 5.91 Å². The molecule has 166 valence electrons. The van der Waals surface area contributed by atoms with Crippen LogP contribution in [0.2, 0.25) is 0 Å². The van der Waals surface area contributed by atoms with Crippen LogP contribution >= 0.6 is 23.1 Å². The van der Waals surface area contributed by atoms with Gasteiger partial charge >= 0.3 is 0 Å². The van der Waals surface area contributed by atoms with Crippen LogP contribution in [0, 0.1) is 0 Å². The summed E-state index contributed by atoms with van der Waals surface area (Å²) in [5, 5.41) is 21.6. The van der Waals surface area contributed by atoms with Gasteiger partial charge in [0.1, 0.15) is 9.92 Å². The molecule has 3 N–H and O–H groups in total. The maximum absolute atomic E-state index is 13.0. The highest BCUT2D eigenvalue weighted by molar-refractivity contribution is 8.15. The molecular weight excluding hydrogens is 454 g/mol. The summed E-state index contributed by atoms with van der Waals surface area (Å²) < 4.78 is 0. The normalized spacial score (nSPS) is 11.7. The lowest BCUT2D eigenvalue weighted by molar-refractivity contribution is 0.103. The van der Waals surface area contributed by atoms with E-state index < -0.39 is 0 Å². The number of anilines is 2. The molecule has 0 aliphatic heterocycles. The highest BCUT2D eigenvalue weighted by atomic mass is 32.2. The molecule has 0 saturated carbocycles. The molecule has 0 atom stereocenters. The van der Waals surface area contributed by atoms with Gasteiger partial charge in [-0.05, 0) is 53.6 Å². The molecule has 0 bridgehead atoms. The average molecular weight is 476 g/mol. The smallest absolute Gasteiger partial charge is 0.267 e. The Hall–Kier alpha value is -3.69. The highest BCUT2D eigenvalue weighted by Crippen LogP contribution is 2.26. The van der Waals surface area contributed by atoms with Gasteiger partial charge in [-0.15, -0.1) is 23.1 Å². The number of rotatable bonds is 7. The van der Waals surface area contributed by atoms with Crippen molar-refractivity contribution in [3.05, 3.63) is 82.7 Å². The zero-order chi connectivity index (χ0) is 23.0. The molecule has 4 aromatic rings. The number of oxime groups is 1. The number of benzene rings is 2. The van der Waals surface area contributed by atoms with Gasteiger partial charge in [0.15, 0.2) is 0 Å². The van der Waals surface area contributed by atoms with Crippen LogP contribution in [0.25, 0.3) is 10.9 Å². The summed E-state index contributed by atoms with van der Waals surface area (Å²) in [6, 6.07) is 19.1. The molecule has 0 radical (unpaired) electrons. The first kappa shape index (κ1) is 22.5. The lowest BCUT2D eigenvalue weighted by Crippen LogP contribution is -2.12. The van der Waals surface area contributed by atoms with Crippen LogP contribution in [-0.4, -0.2) is 33.6 Å². The number of hydrogen-bond donors (Lipinski definition) is 3. The lowest BCUT2D eigenvalue weighted by Gasteiger charge is -2.10. The van der Waals surface area contributed by atoms with Gasteiger partial charge in [0, 0.05) is 23.8 Å². The van der Waals surface area contributed by atoms with Crippen LogP contribution in [-0.2, 0) is 6.54 Å². The van der Waals surface area contributed by atoms with Gasteiger partial charge in [-0.3, -0.25) is 9.78 Å². The van der Waals surface area contributed by atoms with Gasteiger partial charge < -0.3 is 15.8 Å². The van der Waals surface area contributed by atoms with E-state index in [9.17, 15) is 4.79 Å². The van der Waals surface area contributed by atoms with Crippen LogP contribution in [0.5, 0.6) is 0 Å². The molecule has 2 heterocycles. The van der Waals surface area contributed by atoms with Crippen molar-refractivity contribution in [2.75, 3.05) is 16.9 Å². The van der Waals surface area contributed by atoms with Crippen molar-refractivity contribution in [1.82, 2.24) is 4.98 Å². The van der Waals surface area contributed by atoms with Crippen molar-refractivity contribution in [2.45, 2.75) is 6.54 Å². The largest absolute Gasteiger partial charge is 0.411 e. The minimum atomic E-state index is -0.199. The predicted octanol–water partition coefficient (Wildman–Crippen LogP) is 6.01. The van der Waals surface area contributed by atoms with Crippen LogP contribution < -0.4 is 10.6 Å². The molecule has 0 spiro atoms. The zero-order valence-corrected chi connectivity index (χ0v) is 19.4. The molecule has 1 amide bonds. The van der Waals surface area contributed by atoms with Gasteiger partial charge in [-0.25, -0.2) is 4.99 Å². The number of carbonyl (C=O) groups excluding carboxylic acids is 1. The molecule has 0 aliphatic carbocycles. The van der Waals surface area contributed by atoms with Gasteiger partial charge in [0.2, 0.25) is 0 Å². The number of thiophene rings is 1. The molecule has 2 aromatic heterocycles. The Balaban J connectivity index is 1.48. The van der Waals surface area contributed by atoms with Crippen molar-refractivity contribution in [3.8, 4) is 0 Å². The number of nitrogens with zero attached hydrogens (tertiary/aromatic N) is 3. The Morgan fingerprint density at radius 2 is 2.06 bits per heavy atom. The maximum atomic E-state index is 13.0. The summed E-state index contributed by atoms with van der Waals surface area (Å²) in [6.07, 6.45) is 4.91. The van der Waals surface area contributed by atoms with Gasteiger partial charge in [-0.2, -0.15) is 0 Å². The first-order valence-corrected chi connectivity index (χ1v) is 12.1. The monoisotopic (exact) mass is 475 g/mol. The Morgan fingerprint density at radius 3 is 2.91 bits per heavy atom. The second-order valence-electron chi connectivity index (χ2n) is 6.91. The number of hydrogen-bond acceptors (Lipinski definition) is 8. The molecule has 0 aliphatic rings. The Labute approximate surface area is 199 Å². The van der Waals surface area contributed by atoms with E-state index in [4.69, 9.17) is 5.21 Å². The number of aromatic nitrogens is 1. The van der Waals surface area contributed by atoms with E-state index in [0.29, 0.717) is 27.8 Å². The molecule has 0 saturated heterocycles. The Bertz CT molecular complexity index is 1330. The van der Waals surface area contributed by atoms with Gasteiger partial charge in [0.25, 0.3) is 5.91 Å². The number of thioether (sulfide) groups is 1. The minimum Gasteiger partial charge on any atom is -0.411 e. The summed E-state index contributed by atoms with van der Waals surface area (Å²) in [6.45, 7) is 0.577. The van der Waals surface area contributed by atoms with Crippen molar-refractivity contribution >= 4 is 68.2 Å². The third kappa shape index (κ3) is 5.57. The minimum absolute atomic E-state index is 0.199. The summed E-state index contributed by atoms with van der Waals surface area (Å²) in [7, 11) is 0. The molecule has 2 aromatic carbocycles. The summed E-state index contributed by atoms with van der Waals surface area (Å²) >= 11 is 2.73. The van der Waals surface area contributed by atoms with E-state index in [0.717, 1.165) is 22.2 Å². The van der Waals surface area contributed by atoms with Crippen molar-refractivity contribution in [1.29, 1.82) is 0 Å². The average Bonchev–Trinajstić information content (AvgIpc) is 3.31. The Morgan fingerprint density at radius 1 is 1.18 bits per heavy atom. The number of carbonyl (C=O) groups is 1. The van der Waals surface area contributed by atoms with Gasteiger partial charge in [-0.1, -0.05) is 29.4 Å². The molecule has 33 heavy (non-hydrogen) atoms. The van der Waals surface area contributed by atoms with Crippen molar-refractivity contribution in [2.24, 2.45) is 10.1 Å². The van der Waals surface area contributed by atoms with E-state index in [2.05, 4.69) is 25.8 Å². The number of aliphatic imine (C=N–C) groups is 1. The molecule has 7 nitrogen and oxygen atoms in total. The summed E-state index contributed by atoms with van der Waals surface area (Å²) in [5.41, 5.74) is 4.10. The number of amides is 1. The number of pyridine rings is 1. The maximum Gasteiger partial charge on any atom is 0.267 e. The molecular formula is C24H21N5O2S2. The fourth-order valence-electron chi connectivity index (χ4n) is 3.27. The third-order valence-corrected chi connectivity index (χ3v) is 6.33. The Kier molecular flexibility index (Phi) is 7.33. The molecule has 0 unspecified atom stereocenters. The number of nitrogens with one attached hydrogen (secondary N) is 2. The molecule has 4 rings (SSSR count). The van der Waals surface area contributed by atoms with Crippen molar-refractivity contribution < 1.29 is 10.0 Å². The quantitative estimate of drug-likeness (QED) is 0.131. The predicted molar refractivity (Wildman–Crippen MR) is 139 cm³/mol. The van der Waals surface area contributed by atoms with Crippen molar-refractivity contribution in [3.63, 3.8) is 0 Å². The van der Waals surface area contributed by atoms with Crippen LogP contribution in [0.1, 0.15) is 15.2 Å². The standard InChI is InChI=1S/C24H21N5O2S2/c1-32-22(15-27-31)28-17-5-4-6-18(13-17)29-24(30)23-21(10-12-33-23)26-14-16-9-11-25-20-8-3-2-7-19(16)20/h2-13,15,26,31H,14H2,1H3,(H,29,30). The molecule has 0 fully saturated rings. The lowest BCUT2D eigenvalue weighted by atomic mass is 10.1. The first-order chi connectivity index (χ1) is 16.2. The summed E-state index contributed by atoms with van der Waals surface area (Å²) in [5.74, 6) is -0.199. The van der Waals surface area contributed by atoms with E-state index in [1.165, 1.54) is 29.3 Å². The topological polar surface area (TPSA) is 99.0 Å². The van der Waals surface area contributed by atoms with E-state index in [1.807, 2.05) is 60.2 Å². The molecule has 9 heteroatoms. The fourth-order valence-corrected chi connectivity index (χ4v) is 4.38. The van der Waals surface area contributed by atoms with Crippen LogP contribution in [0.15, 0.2) is 82.4 Å². The van der Waals surface area contributed by atoms with Crippen LogP contribution in [0.4, 0.5) is 17.1 Å². The van der Waals surface area contributed by atoms with Crippen LogP contribution in [0.3, 0.4) is 0 Å². The number of para-hydroxylation sites is 1.